The van der Waals surface area contributed by atoms with Crippen molar-refractivity contribution in [1.82, 2.24) is 0 Å². The fourth-order valence-electron chi connectivity index (χ4n) is 0.876. The molecule has 0 aliphatic rings. The van der Waals surface area contributed by atoms with Crippen molar-refractivity contribution >= 4 is 11.6 Å². The van der Waals surface area contributed by atoms with Gasteiger partial charge in [0.1, 0.15) is 0 Å². The van der Waals surface area contributed by atoms with Crippen LogP contribution < -0.4 is 34.7 Å². The minimum absolute atomic E-state index is 0. The van der Waals surface area contributed by atoms with Gasteiger partial charge in [-0.25, -0.2) is 0 Å². The molecule has 0 aliphatic carbocycles. The molecule has 0 atom stereocenters. The van der Waals surface area contributed by atoms with E-state index in [1.165, 1.54) is 6.07 Å². The van der Waals surface area contributed by atoms with Crippen LogP contribution >= 0.6 is 11.6 Å². The molecule has 1 rings (SSSR count). The van der Waals surface area contributed by atoms with Gasteiger partial charge >= 0.3 is 29.6 Å². The first-order chi connectivity index (χ1) is 5.11. The summed E-state index contributed by atoms with van der Waals surface area (Å²) in [6.45, 7) is 4.13. The van der Waals surface area contributed by atoms with E-state index in [9.17, 15) is 5.11 Å². The molecule has 1 aromatic carbocycles. The second-order valence-electron chi connectivity index (χ2n) is 2.84. The van der Waals surface area contributed by atoms with E-state index < -0.39 is 0 Å². The minimum Gasteiger partial charge on any atom is -0.871 e. The Kier molecular flexibility index (Phi) is 5.26. The van der Waals surface area contributed by atoms with Crippen LogP contribution in [0.3, 0.4) is 0 Å². The molecule has 0 aliphatic heterocycles. The molecular formula is C9H10ClNaO. The van der Waals surface area contributed by atoms with Gasteiger partial charge in [-0.2, -0.15) is 0 Å². The van der Waals surface area contributed by atoms with E-state index in [0.29, 0.717) is 10.9 Å². The monoisotopic (exact) mass is 192 g/mol. The van der Waals surface area contributed by atoms with Crippen LogP contribution in [0.5, 0.6) is 5.75 Å². The molecule has 0 amide bonds. The van der Waals surface area contributed by atoms with Gasteiger partial charge in [0.2, 0.25) is 0 Å². The molecule has 0 fully saturated rings. The van der Waals surface area contributed by atoms with Crippen molar-refractivity contribution in [2.24, 2.45) is 0 Å². The number of halogens is 1. The van der Waals surface area contributed by atoms with Gasteiger partial charge in [-0.1, -0.05) is 43.3 Å². The Labute approximate surface area is 100 Å². The molecule has 60 valence electrons. The van der Waals surface area contributed by atoms with Crippen LogP contribution in [0.15, 0.2) is 18.2 Å². The molecule has 0 radical (unpaired) electrons. The van der Waals surface area contributed by atoms with E-state index in [2.05, 4.69) is 13.8 Å². The number of rotatable bonds is 1. The maximum atomic E-state index is 10.9. The Morgan fingerprint density at radius 3 is 2.33 bits per heavy atom. The summed E-state index contributed by atoms with van der Waals surface area (Å²) in [6.07, 6.45) is 0. The van der Waals surface area contributed by atoms with Crippen molar-refractivity contribution in [2.45, 2.75) is 19.8 Å². The maximum Gasteiger partial charge on any atom is 1.00 e. The molecule has 0 heterocycles. The van der Waals surface area contributed by atoms with E-state index >= 15 is 0 Å². The molecule has 12 heavy (non-hydrogen) atoms. The zero-order chi connectivity index (χ0) is 8.43. The predicted octanol–water partition coefficient (Wildman–Crippen LogP) is -0.459. The van der Waals surface area contributed by atoms with E-state index in [1.54, 1.807) is 6.07 Å². The Bertz CT molecular complexity index is 261. The van der Waals surface area contributed by atoms with Gasteiger partial charge < -0.3 is 5.11 Å². The molecule has 0 unspecified atom stereocenters. The van der Waals surface area contributed by atoms with Gasteiger partial charge in [0.25, 0.3) is 0 Å². The van der Waals surface area contributed by atoms with Gasteiger partial charge in [-0.3, -0.25) is 0 Å². The Hall–Kier alpha value is 0.310. The molecule has 0 spiro atoms. The molecule has 0 aromatic heterocycles. The summed E-state index contributed by atoms with van der Waals surface area (Å²) in [7, 11) is 0. The molecule has 0 saturated carbocycles. The van der Waals surface area contributed by atoms with Crippen molar-refractivity contribution in [3.05, 3.63) is 28.8 Å². The predicted molar refractivity (Wildman–Crippen MR) is 45.0 cm³/mol. The summed E-state index contributed by atoms with van der Waals surface area (Å²) in [6, 6.07) is 5.06. The van der Waals surface area contributed by atoms with Crippen molar-refractivity contribution in [3.8, 4) is 5.75 Å². The van der Waals surface area contributed by atoms with Crippen molar-refractivity contribution in [2.75, 3.05) is 0 Å². The molecule has 0 N–H and O–H groups in total. The summed E-state index contributed by atoms with van der Waals surface area (Å²) in [5.74, 6) is 0.323. The first-order valence-corrected chi connectivity index (χ1v) is 3.95. The molecule has 1 nitrogen and oxygen atoms in total. The summed E-state index contributed by atoms with van der Waals surface area (Å²) < 4.78 is 0. The number of benzene rings is 1. The van der Waals surface area contributed by atoms with Crippen LogP contribution in [-0.2, 0) is 0 Å². The number of hydrogen-bond donors (Lipinski definition) is 0. The first kappa shape index (κ1) is 12.3. The third-order valence-electron chi connectivity index (χ3n) is 1.62. The Balaban J connectivity index is 0.00000121. The van der Waals surface area contributed by atoms with Crippen LogP contribution in [0.25, 0.3) is 0 Å². The molecule has 1 aromatic rings. The molecule has 3 heteroatoms. The summed E-state index contributed by atoms with van der Waals surface area (Å²) in [5, 5.41) is 11.2. The second-order valence-corrected chi connectivity index (χ2v) is 3.25. The first-order valence-electron chi connectivity index (χ1n) is 3.57. The second kappa shape index (κ2) is 5.13. The van der Waals surface area contributed by atoms with E-state index in [4.69, 9.17) is 11.6 Å². The molecule has 0 saturated heterocycles. The summed E-state index contributed by atoms with van der Waals surface area (Å²) in [5.41, 5.74) is 1.11. The average Bonchev–Trinajstić information content (AvgIpc) is 1.94. The van der Waals surface area contributed by atoms with Crippen LogP contribution in [0.2, 0.25) is 5.02 Å². The average molecular weight is 193 g/mol. The normalized spacial score (nSPS) is 9.67. The van der Waals surface area contributed by atoms with Crippen molar-refractivity contribution < 1.29 is 34.7 Å². The van der Waals surface area contributed by atoms with Crippen LogP contribution in [0, 0.1) is 0 Å². The summed E-state index contributed by atoms with van der Waals surface area (Å²) >= 11 is 5.65. The van der Waals surface area contributed by atoms with E-state index in [1.807, 2.05) is 6.07 Å². The van der Waals surface area contributed by atoms with Crippen LogP contribution in [0.4, 0.5) is 0 Å². The van der Waals surface area contributed by atoms with Gasteiger partial charge in [0.15, 0.2) is 0 Å². The van der Waals surface area contributed by atoms with Gasteiger partial charge in [0, 0.05) is 5.02 Å². The topological polar surface area (TPSA) is 23.1 Å². The summed E-state index contributed by atoms with van der Waals surface area (Å²) in [4.78, 5) is 0. The fourth-order valence-corrected chi connectivity index (χ4v) is 1.07. The number of hydrogen-bond acceptors (Lipinski definition) is 1. The maximum absolute atomic E-state index is 10.9. The van der Waals surface area contributed by atoms with Crippen molar-refractivity contribution in [1.29, 1.82) is 0 Å². The molecular weight excluding hydrogens is 183 g/mol. The minimum atomic E-state index is -0.101. The van der Waals surface area contributed by atoms with Gasteiger partial charge in [-0.05, 0) is 17.5 Å². The largest absolute Gasteiger partial charge is 1.00 e. The fraction of sp³-hybridized carbons (Fsp3) is 0.333. The molecule has 0 bridgehead atoms. The Morgan fingerprint density at radius 2 is 1.92 bits per heavy atom. The third kappa shape index (κ3) is 2.98. The van der Waals surface area contributed by atoms with Crippen LogP contribution in [-0.4, -0.2) is 0 Å². The smallest absolute Gasteiger partial charge is 0.871 e. The van der Waals surface area contributed by atoms with Gasteiger partial charge in [-0.15, -0.1) is 0 Å². The van der Waals surface area contributed by atoms with Crippen LogP contribution in [0.1, 0.15) is 25.3 Å². The van der Waals surface area contributed by atoms with E-state index in [-0.39, 0.29) is 35.3 Å². The SMILES string of the molecule is CC(C)c1ccc([O-])c(Cl)c1.[Na+]. The zero-order valence-electron chi connectivity index (χ0n) is 7.60. The van der Waals surface area contributed by atoms with Gasteiger partial charge in [0.05, 0.1) is 0 Å². The van der Waals surface area contributed by atoms with E-state index in [0.717, 1.165) is 5.56 Å². The Morgan fingerprint density at radius 1 is 1.33 bits per heavy atom. The van der Waals surface area contributed by atoms with Crippen molar-refractivity contribution in [3.63, 3.8) is 0 Å². The standard InChI is InChI=1S/C9H11ClO.Na/c1-6(2)7-3-4-9(11)8(10)5-7;/h3-6,11H,1-2H3;/q;+1/p-1. The quantitative estimate of drug-likeness (QED) is 0.553. The third-order valence-corrected chi connectivity index (χ3v) is 1.92. The zero-order valence-corrected chi connectivity index (χ0v) is 10.4.